The van der Waals surface area contributed by atoms with Gasteiger partial charge in [-0.2, -0.15) is 0 Å². The minimum absolute atomic E-state index is 0.0237. The first-order valence-electron chi connectivity index (χ1n) is 3.82. The lowest BCUT2D eigenvalue weighted by Gasteiger charge is -2.13. The van der Waals surface area contributed by atoms with Gasteiger partial charge >= 0.3 is 0 Å². The molecule has 4 nitrogen and oxygen atoms in total. The van der Waals surface area contributed by atoms with Crippen molar-refractivity contribution in [2.75, 3.05) is 0 Å². The number of rotatable bonds is 1. The van der Waals surface area contributed by atoms with Gasteiger partial charge in [0.25, 0.3) is 0 Å². The van der Waals surface area contributed by atoms with E-state index in [1.165, 1.54) is 4.68 Å². The zero-order valence-electron chi connectivity index (χ0n) is 7.83. The third kappa shape index (κ3) is 1.69. The number of carbonyl (C=O) groups excluding carboxylic acids is 1. The summed E-state index contributed by atoms with van der Waals surface area (Å²) in [6.07, 6.45) is 1.63. The monoisotopic (exact) mass is 167 g/mol. The van der Waals surface area contributed by atoms with E-state index in [4.69, 9.17) is 0 Å². The molecule has 1 rings (SSSR count). The van der Waals surface area contributed by atoms with E-state index < -0.39 is 0 Å². The van der Waals surface area contributed by atoms with Gasteiger partial charge in [-0.15, -0.1) is 5.10 Å². The molecule has 66 valence electrons. The van der Waals surface area contributed by atoms with Crippen LogP contribution < -0.4 is 0 Å². The van der Waals surface area contributed by atoms with Crippen LogP contribution in [-0.4, -0.2) is 20.8 Å². The fourth-order valence-electron chi connectivity index (χ4n) is 0.836. The number of aromatic nitrogens is 3. The molecule has 1 heterocycles. The van der Waals surface area contributed by atoms with Crippen molar-refractivity contribution in [2.45, 2.75) is 20.8 Å². The van der Waals surface area contributed by atoms with Crippen molar-refractivity contribution in [3.05, 3.63) is 11.9 Å². The normalized spacial score (nSPS) is 11.7. The Labute approximate surface area is 71.6 Å². The zero-order valence-corrected chi connectivity index (χ0v) is 7.83. The molecule has 0 amide bonds. The van der Waals surface area contributed by atoms with Crippen LogP contribution in [0.4, 0.5) is 0 Å². The van der Waals surface area contributed by atoms with Gasteiger partial charge in [0.15, 0.2) is 5.78 Å². The molecular weight excluding hydrogens is 154 g/mol. The summed E-state index contributed by atoms with van der Waals surface area (Å²) in [6, 6.07) is 0. The van der Waals surface area contributed by atoms with Gasteiger partial charge in [-0.1, -0.05) is 26.0 Å². The molecule has 1 aromatic heterocycles. The maximum atomic E-state index is 11.6. The van der Waals surface area contributed by atoms with Gasteiger partial charge in [0.05, 0.1) is 6.20 Å². The fraction of sp³-hybridized carbons (Fsp3) is 0.625. The number of nitrogens with zero attached hydrogens (tertiary/aromatic N) is 3. The van der Waals surface area contributed by atoms with Gasteiger partial charge in [-0.25, -0.2) is 0 Å². The summed E-state index contributed by atoms with van der Waals surface area (Å²) in [6.45, 7) is 5.60. The van der Waals surface area contributed by atoms with Crippen molar-refractivity contribution >= 4 is 5.78 Å². The van der Waals surface area contributed by atoms with Gasteiger partial charge in [0.2, 0.25) is 0 Å². The Morgan fingerprint density at radius 2 is 2.08 bits per heavy atom. The Bertz CT molecular complexity index is 295. The third-order valence-electron chi connectivity index (χ3n) is 1.52. The summed E-state index contributed by atoms with van der Waals surface area (Å²) in [7, 11) is 1.74. The minimum Gasteiger partial charge on any atom is -0.292 e. The maximum absolute atomic E-state index is 11.6. The van der Waals surface area contributed by atoms with Gasteiger partial charge in [0, 0.05) is 12.5 Å². The number of Topliss-reactive ketones (excluding diaryl/α,β-unsaturated/α-hetero) is 1. The van der Waals surface area contributed by atoms with Crippen LogP contribution in [0, 0.1) is 5.41 Å². The molecule has 12 heavy (non-hydrogen) atoms. The third-order valence-corrected chi connectivity index (χ3v) is 1.52. The maximum Gasteiger partial charge on any atom is 0.190 e. The Kier molecular flexibility index (Phi) is 2.00. The highest BCUT2D eigenvalue weighted by Crippen LogP contribution is 2.18. The van der Waals surface area contributed by atoms with Crippen LogP contribution in [0.3, 0.4) is 0 Å². The second-order valence-corrected chi connectivity index (χ2v) is 3.86. The van der Waals surface area contributed by atoms with Gasteiger partial charge in [0.1, 0.15) is 5.69 Å². The van der Waals surface area contributed by atoms with E-state index in [2.05, 4.69) is 10.3 Å². The molecule has 0 spiro atoms. The predicted molar refractivity (Wildman–Crippen MR) is 44.8 cm³/mol. The SMILES string of the molecule is Cn1cc(C(=O)C(C)(C)C)nn1. The van der Waals surface area contributed by atoms with Crippen LogP contribution in [0.15, 0.2) is 6.20 Å². The molecule has 0 saturated carbocycles. The first-order chi connectivity index (χ1) is 5.41. The molecule has 0 atom stereocenters. The highest BCUT2D eigenvalue weighted by molar-refractivity contribution is 5.97. The van der Waals surface area contributed by atoms with Crippen LogP contribution in [-0.2, 0) is 7.05 Å². The summed E-state index contributed by atoms with van der Waals surface area (Å²) in [5.74, 6) is 0.0237. The van der Waals surface area contributed by atoms with Crippen LogP contribution in [0.1, 0.15) is 31.3 Å². The van der Waals surface area contributed by atoms with Crippen molar-refractivity contribution in [1.82, 2.24) is 15.0 Å². The number of hydrogen-bond donors (Lipinski definition) is 0. The standard InChI is InChI=1S/C8H13N3O/c1-8(2,3)7(12)6-5-11(4)10-9-6/h5H,1-4H3. The largest absolute Gasteiger partial charge is 0.292 e. The summed E-state index contributed by atoms with van der Waals surface area (Å²) >= 11 is 0. The summed E-state index contributed by atoms with van der Waals surface area (Å²) in [4.78, 5) is 11.6. The molecule has 0 aromatic carbocycles. The van der Waals surface area contributed by atoms with Gasteiger partial charge in [-0.05, 0) is 0 Å². The first-order valence-corrected chi connectivity index (χ1v) is 3.82. The topological polar surface area (TPSA) is 47.8 Å². The molecule has 0 fully saturated rings. The average molecular weight is 167 g/mol. The first kappa shape index (κ1) is 8.90. The van der Waals surface area contributed by atoms with Crippen LogP contribution in [0.2, 0.25) is 0 Å². The summed E-state index contributed by atoms with van der Waals surface area (Å²) < 4.78 is 1.53. The lowest BCUT2D eigenvalue weighted by Crippen LogP contribution is -2.20. The van der Waals surface area contributed by atoms with E-state index in [9.17, 15) is 4.79 Å². The van der Waals surface area contributed by atoms with E-state index in [1.54, 1.807) is 13.2 Å². The molecule has 0 aliphatic heterocycles. The molecule has 0 aliphatic rings. The molecule has 0 N–H and O–H groups in total. The van der Waals surface area contributed by atoms with E-state index >= 15 is 0 Å². The summed E-state index contributed by atoms with van der Waals surface area (Å²) in [5, 5.41) is 7.44. The molecule has 0 aliphatic carbocycles. The molecule has 0 unspecified atom stereocenters. The Morgan fingerprint density at radius 1 is 1.50 bits per heavy atom. The molecule has 4 heteroatoms. The number of aryl methyl sites for hydroxylation is 1. The smallest absolute Gasteiger partial charge is 0.190 e. The summed E-state index contributed by atoms with van der Waals surface area (Å²) in [5.41, 5.74) is 0.0562. The van der Waals surface area contributed by atoms with E-state index in [0.717, 1.165) is 0 Å². The number of hydrogen-bond acceptors (Lipinski definition) is 3. The van der Waals surface area contributed by atoms with Gasteiger partial charge < -0.3 is 0 Å². The van der Waals surface area contributed by atoms with Crippen LogP contribution in [0.5, 0.6) is 0 Å². The molecule has 0 bridgehead atoms. The lowest BCUT2D eigenvalue weighted by molar-refractivity contribution is 0.0853. The lowest BCUT2D eigenvalue weighted by atomic mass is 9.89. The van der Waals surface area contributed by atoms with Crippen LogP contribution >= 0.6 is 0 Å². The van der Waals surface area contributed by atoms with E-state index in [1.807, 2.05) is 20.8 Å². The molecular formula is C8H13N3O. The Morgan fingerprint density at radius 3 is 2.42 bits per heavy atom. The second kappa shape index (κ2) is 2.69. The Balaban J connectivity index is 2.93. The highest BCUT2D eigenvalue weighted by Gasteiger charge is 2.24. The number of carbonyl (C=O) groups is 1. The minimum atomic E-state index is -0.379. The highest BCUT2D eigenvalue weighted by atomic mass is 16.1. The van der Waals surface area contributed by atoms with E-state index in [0.29, 0.717) is 5.69 Å². The van der Waals surface area contributed by atoms with Crippen molar-refractivity contribution in [3.8, 4) is 0 Å². The zero-order chi connectivity index (χ0) is 9.35. The average Bonchev–Trinajstić information content (AvgIpc) is 2.32. The second-order valence-electron chi connectivity index (χ2n) is 3.86. The fourth-order valence-corrected chi connectivity index (χ4v) is 0.836. The molecule has 0 radical (unpaired) electrons. The quantitative estimate of drug-likeness (QED) is 0.587. The van der Waals surface area contributed by atoms with Crippen LogP contribution in [0.25, 0.3) is 0 Å². The van der Waals surface area contributed by atoms with E-state index in [-0.39, 0.29) is 11.2 Å². The Hall–Kier alpha value is -1.19. The predicted octanol–water partition coefficient (Wildman–Crippen LogP) is 1.04. The van der Waals surface area contributed by atoms with Crippen molar-refractivity contribution < 1.29 is 4.79 Å². The molecule has 1 aromatic rings. The number of ketones is 1. The van der Waals surface area contributed by atoms with Crippen molar-refractivity contribution in [1.29, 1.82) is 0 Å². The van der Waals surface area contributed by atoms with Gasteiger partial charge in [-0.3, -0.25) is 9.48 Å². The van der Waals surface area contributed by atoms with Crippen molar-refractivity contribution in [3.63, 3.8) is 0 Å². The molecule has 0 saturated heterocycles. The van der Waals surface area contributed by atoms with Crippen molar-refractivity contribution in [2.24, 2.45) is 12.5 Å².